The molecule has 1 aliphatic rings. The summed E-state index contributed by atoms with van der Waals surface area (Å²) < 4.78 is 0. The van der Waals surface area contributed by atoms with Gasteiger partial charge in [0, 0.05) is 12.0 Å². The van der Waals surface area contributed by atoms with Crippen molar-refractivity contribution in [3.05, 3.63) is 34.0 Å². The average Bonchev–Trinajstić information content (AvgIpc) is 2.85. The van der Waals surface area contributed by atoms with Crippen LogP contribution < -0.4 is 0 Å². The lowest BCUT2D eigenvalue weighted by atomic mass is 9.83. The molecule has 4 N–H and O–H groups in total. The lowest BCUT2D eigenvalue weighted by molar-refractivity contribution is -0.158. The number of carboxylic acid groups (broad SMARTS) is 1. The fourth-order valence-electron chi connectivity index (χ4n) is 1.78. The minimum Gasteiger partial charge on any atom is -0.479 e. The molecule has 1 aromatic rings. The predicted octanol–water partition coefficient (Wildman–Crippen LogP) is -0.0328. The van der Waals surface area contributed by atoms with Gasteiger partial charge in [-0.25, -0.2) is 4.79 Å². The highest BCUT2D eigenvalue weighted by Gasteiger charge is 2.43. The molecule has 6 heteroatoms. The molecular formula is C13H12O5S. The first-order valence-corrected chi connectivity index (χ1v) is 6.40. The fraction of sp³-hybridized carbons (Fsp3) is 0.308. The van der Waals surface area contributed by atoms with Crippen LogP contribution in [0.1, 0.15) is 11.3 Å². The summed E-state index contributed by atoms with van der Waals surface area (Å²) in [5.41, 5.74) is -2.19. The van der Waals surface area contributed by atoms with Crippen LogP contribution in [-0.4, -0.2) is 44.2 Å². The third-order valence-electron chi connectivity index (χ3n) is 2.82. The molecule has 0 saturated carbocycles. The van der Waals surface area contributed by atoms with Crippen LogP contribution in [0.3, 0.4) is 0 Å². The van der Waals surface area contributed by atoms with Crippen molar-refractivity contribution in [3.8, 4) is 11.8 Å². The maximum atomic E-state index is 11.0. The molecule has 19 heavy (non-hydrogen) atoms. The largest absolute Gasteiger partial charge is 0.479 e. The zero-order chi connectivity index (χ0) is 14.0. The van der Waals surface area contributed by atoms with Gasteiger partial charge in [-0.2, -0.15) is 0 Å². The van der Waals surface area contributed by atoms with Gasteiger partial charge in [0.05, 0.1) is 11.0 Å². The van der Waals surface area contributed by atoms with Crippen molar-refractivity contribution in [1.82, 2.24) is 0 Å². The third kappa shape index (κ3) is 2.85. The van der Waals surface area contributed by atoms with E-state index in [0.717, 1.165) is 11.0 Å². The summed E-state index contributed by atoms with van der Waals surface area (Å²) >= 11 is 1.40. The van der Waals surface area contributed by atoms with Gasteiger partial charge < -0.3 is 20.4 Å². The Kier molecular flexibility index (Phi) is 3.73. The van der Waals surface area contributed by atoms with Crippen molar-refractivity contribution in [2.24, 2.45) is 0 Å². The zero-order valence-corrected chi connectivity index (χ0v) is 10.6. The molecule has 0 spiro atoms. The molecule has 1 aliphatic carbocycles. The van der Waals surface area contributed by atoms with Gasteiger partial charge in [-0.3, -0.25) is 0 Å². The molecule has 1 heterocycles. The van der Waals surface area contributed by atoms with E-state index < -0.39 is 30.2 Å². The summed E-state index contributed by atoms with van der Waals surface area (Å²) in [5.74, 6) is 3.87. The van der Waals surface area contributed by atoms with E-state index in [4.69, 9.17) is 5.11 Å². The van der Waals surface area contributed by atoms with E-state index in [1.54, 1.807) is 6.07 Å². The Bertz CT molecular complexity index is 566. The maximum Gasteiger partial charge on any atom is 0.339 e. The molecule has 100 valence electrons. The van der Waals surface area contributed by atoms with E-state index in [-0.39, 0.29) is 5.57 Å². The molecule has 2 rings (SSSR count). The topological polar surface area (TPSA) is 98.0 Å². The van der Waals surface area contributed by atoms with Crippen LogP contribution in [-0.2, 0) is 4.79 Å². The zero-order valence-electron chi connectivity index (χ0n) is 9.78. The summed E-state index contributed by atoms with van der Waals surface area (Å²) in [6, 6.07) is 3.58. The second kappa shape index (κ2) is 5.15. The number of carbonyl (C=O) groups is 1. The lowest BCUT2D eigenvalue weighted by Gasteiger charge is -2.31. The average molecular weight is 280 g/mol. The minimum absolute atomic E-state index is 0.0112. The fourth-order valence-corrected chi connectivity index (χ4v) is 2.35. The van der Waals surface area contributed by atoms with Crippen LogP contribution >= 0.6 is 11.3 Å². The molecule has 0 unspecified atom stereocenters. The Morgan fingerprint density at radius 1 is 1.42 bits per heavy atom. The van der Waals surface area contributed by atoms with Gasteiger partial charge in [-0.15, -0.1) is 11.3 Å². The van der Waals surface area contributed by atoms with E-state index in [9.17, 15) is 20.1 Å². The number of hydrogen-bond acceptors (Lipinski definition) is 5. The number of aliphatic hydroxyl groups excluding tert-OH is 2. The van der Waals surface area contributed by atoms with Crippen molar-refractivity contribution in [2.75, 3.05) is 0 Å². The Morgan fingerprint density at radius 3 is 2.74 bits per heavy atom. The van der Waals surface area contributed by atoms with Crippen molar-refractivity contribution in [3.63, 3.8) is 0 Å². The van der Waals surface area contributed by atoms with Crippen molar-refractivity contribution in [2.45, 2.75) is 24.2 Å². The molecule has 1 aromatic heterocycles. The predicted molar refractivity (Wildman–Crippen MR) is 68.5 cm³/mol. The van der Waals surface area contributed by atoms with Crippen molar-refractivity contribution >= 4 is 17.3 Å². The van der Waals surface area contributed by atoms with Gasteiger partial charge in [-0.1, -0.05) is 17.9 Å². The van der Waals surface area contributed by atoms with E-state index in [1.165, 1.54) is 11.3 Å². The normalized spacial score (nSPS) is 30.2. The summed E-state index contributed by atoms with van der Waals surface area (Å²) in [6.45, 7) is 0. The second-order valence-electron chi connectivity index (χ2n) is 4.27. The second-order valence-corrected chi connectivity index (χ2v) is 5.22. The number of carboxylic acids is 1. The minimum atomic E-state index is -2.20. The van der Waals surface area contributed by atoms with Gasteiger partial charge in [0.25, 0.3) is 0 Å². The summed E-state index contributed by atoms with van der Waals surface area (Å²) in [4.78, 5) is 11.7. The van der Waals surface area contributed by atoms with Gasteiger partial charge >= 0.3 is 5.97 Å². The number of aliphatic carboxylic acids is 1. The first-order chi connectivity index (χ1) is 8.92. The van der Waals surface area contributed by atoms with Crippen LogP contribution in [0.4, 0.5) is 0 Å². The van der Waals surface area contributed by atoms with Crippen LogP contribution in [0.5, 0.6) is 0 Å². The third-order valence-corrected chi connectivity index (χ3v) is 3.60. The Balaban J connectivity index is 2.35. The SMILES string of the molecule is O=C(O)[C@]1(O)C=C(C#Cc2cccs2)[C@@H](O)[C@H](O)C1. The molecule has 0 aliphatic heterocycles. The highest BCUT2D eigenvalue weighted by atomic mass is 32.1. The number of hydrogen-bond donors (Lipinski definition) is 4. The van der Waals surface area contributed by atoms with Gasteiger partial charge in [0.15, 0.2) is 5.60 Å². The molecule has 0 fully saturated rings. The molecule has 0 aromatic carbocycles. The summed E-state index contributed by atoms with van der Waals surface area (Å²) in [6.07, 6.45) is -2.12. The number of thiophene rings is 1. The molecule has 5 nitrogen and oxygen atoms in total. The van der Waals surface area contributed by atoms with Gasteiger partial charge in [0.1, 0.15) is 6.10 Å². The quantitative estimate of drug-likeness (QED) is 0.541. The highest BCUT2D eigenvalue weighted by Crippen LogP contribution is 2.27. The Hall–Kier alpha value is -1.65. The lowest BCUT2D eigenvalue weighted by Crippen LogP contribution is -2.47. The van der Waals surface area contributed by atoms with E-state index in [0.29, 0.717) is 0 Å². The molecular weight excluding hydrogens is 268 g/mol. The van der Waals surface area contributed by atoms with E-state index in [2.05, 4.69) is 11.8 Å². The summed E-state index contributed by atoms with van der Waals surface area (Å²) in [7, 11) is 0. The van der Waals surface area contributed by atoms with Crippen LogP contribution in [0.25, 0.3) is 0 Å². The first-order valence-electron chi connectivity index (χ1n) is 5.52. The molecule has 0 saturated heterocycles. The van der Waals surface area contributed by atoms with Crippen molar-refractivity contribution in [1.29, 1.82) is 0 Å². The maximum absolute atomic E-state index is 11.0. The van der Waals surface area contributed by atoms with Crippen LogP contribution in [0.2, 0.25) is 0 Å². The Labute approximate surface area is 113 Å². The first kappa shape index (κ1) is 13.8. The molecule has 3 atom stereocenters. The molecule has 0 bridgehead atoms. The van der Waals surface area contributed by atoms with Crippen molar-refractivity contribution < 1.29 is 25.2 Å². The smallest absolute Gasteiger partial charge is 0.339 e. The standard InChI is InChI=1S/C13H12O5S/c14-10-7-13(18,12(16)17)6-8(11(10)15)3-4-9-2-1-5-19-9/h1-2,5-6,10-11,14-15,18H,7H2,(H,16,17)/t10-,11-,13+/m1/s1. The van der Waals surface area contributed by atoms with Crippen LogP contribution in [0.15, 0.2) is 29.2 Å². The van der Waals surface area contributed by atoms with Gasteiger partial charge in [-0.05, 0) is 17.5 Å². The van der Waals surface area contributed by atoms with Gasteiger partial charge in [0.2, 0.25) is 0 Å². The number of aliphatic hydroxyl groups is 3. The van der Waals surface area contributed by atoms with E-state index >= 15 is 0 Å². The van der Waals surface area contributed by atoms with Crippen LogP contribution in [0, 0.1) is 11.8 Å². The monoisotopic (exact) mass is 280 g/mol. The molecule has 0 radical (unpaired) electrons. The highest BCUT2D eigenvalue weighted by molar-refractivity contribution is 7.10. The summed E-state index contributed by atoms with van der Waals surface area (Å²) in [5, 5.41) is 40.0. The Morgan fingerprint density at radius 2 is 2.16 bits per heavy atom. The van der Waals surface area contributed by atoms with E-state index in [1.807, 2.05) is 11.4 Å². The molecule has 0 amide bonds. The number of rotatable bonds is 1.